The number of rotatable bonds is 5. The van der Waals surface area contributed by atoms with Gasteiger partial charge in [-0.15, -0.1) is 0 Å². The van der Waals surface area contributed by atoms with Gasteiger partial charge in [0.25, 0.3) is 5.91 Å². The van der Waals surface area contributed by atoms with Gasteiger partial charge in [0, 0.05) is 17.1 Å². The Hall–Kier alpha value is -2.27. The number of ether oxygens (including phenoxy) is 1. The number of hydrazone groups is 1. The van der Waals surface area contributed by atoms with Crippen LogP contribution in [0.15, 0.2) is 53.6 Å². The second-order valence-corrected chi connectivity index (χ2v) is 6.44. The van der Waals surface area contributed by atoms with Crippen LogP contribution in [0, 0.1) is 6.92 Å². The average Bonchev–Trinajstić information content (AvgIpc) is 2.52. The van der Waals surface area contributed by atoms with Crippen LogP contribution in [0.1, 0.15) is 21.5 Å². The van der Waals surface area contributed by atoms with E-state index < -0.39 is 0 Å². The van der Waals surface area contributed by atoms with Crippen molar-refractivity contribution in [2.24, 2.45) is 5.10 Å². The largest absolute Gasteiger partial charge is 0.489 e. The molecule has 1 amide bonds. The van der Waals surface area contributed by atoms with Gasteiger partial charge in [-0.25, -0.2) is 5.43 Å². The molecule has 1 heterocycles. The maximum Gasteiger partial charge on any atom is 0.271 e. The first-order chi connectivity index (χ1) is 11.2. The number of benzene rings is 2. The maximum absolute atomic E-state index is 12.0. The molecule has 0 aromatic heterocycles. The van der Waals surface area contributed by atoms with Crippen LogP contribution in [-0.4, -0.2) is 29.7 Å². The van der Waals surface area contributed by atoms with Gasteiger partial charge in [-0.3, -0.25) is 4.79 Å². The zero-order chi connectivity index (χ0) is 16.1. The van der Waals surface area contributed by atoms with Crippen LogP contribution in [0.5, 0.6) is 5.75 Å². The maximum atomic E-state index is 12.0. The summed E-state index contributed by atoms with van der Waals surface area (Å²) in [4.78, 5) is 12.0. The van der Waals surface area contributed by atoms with E-state index in [-0.39, 0.29) is 5.91 Å². The van der Waals surface area contributed by atoms with Crippen molar-refractivity contribution in [2.45, 2.75) is 13.0 Å². The van der Waals surface area contributed by atoms with Gasteiger partial charge in [-0.05, 0) is 48.4 Å². The van der Waals surface area contributed by atoms with E-state index in [4.69, 9.17) is 4.74 Å². The van der Waals surface area contributed by atoms with Gasteiger partial charge in [0.2, 0.25) is 0 Å². The summed E-state index contributed by atoms with van der Waals surface area (Å²) < 4.78 is 5.78. The van der Waals surface area contributed by atoms with Crippen LogP contribution in [0.4, 0.5) is 0 Å². The predicted molar refractivity (Wildman–Crippen MR) is 94.4 cm³/mol. The lowest BCUT2D eigenvalue weighted by atomic mass is 10.1. The van der Waals surface area contributed by atoms with Crippen molar-refractivity contribution in [1.29, 1.82) is 0 Å². The molecule has 1 aliphatic rings. The van der Waals surface area contributed by atoms with Crippen LogP contribution >= 0.6 is 11.8 Å². The topological polar surface area (TPSA) is 50.7 Å². The van der Waals surface area contributed by atoms with E-state index in [9.17, 15) is 4.79 Å². The van der Waals surface area contributed by atoms with Crippen LogP contribution in [0.3, 0.4) is 0 Å². The Morgan fingerprint density at radius 3 is 2.61 bits per heavy atom. The number of thioether (sulfide) groups is 1. The number of carbonyl (C=O) groups is 1. The van der Waals surface area contributed by atoms with E-state index in [1.165, 1.54) is 0 Å². The Morgan fingerprint density at radius 1 is 1.22 bits per heavy atom. The number of hydrogen-bond acceptors (Lipinski definition) is 4. The summed E-state index contributed by atoms with van der Waals surface area (Å²) in [5.41, 5.74) is 5.02. The van der Waals surface area contributed by atoms with Gasteiger partial charge in [0.1, 0.15) is 11.9 Å². The second-order valence-electron chi connectivity index (χ2n) is 5.36. The molecule has 4 nitrogen and oxygen atoms in total. The fraction of sp³-hybridized carbons (Fsp3) is 0.222. The minimum absolute atomic E-state index is 0.207. The summed E-state index contributed by atoms with van der Waals surface area (Å²) in [6.07, 6.45) is 1.96. The molecule has 5 heteroatoms. The highest BCUT2D eigenvalue weighted by molar-refractivity contribution is 8.00. The first kappa shape index (κ1) is 15.6. The van der Waals surface area contributed by atoms with E-state index in [0.29, 0.717) is 11.7 Å². The molecule has 0 radical (unpaired) electrons. The van der Waals surface area contributed by atoms with Crippen molar-refractivity contribution in [1.82, 2.24) is 5.43 Å². The van der Waals surface area contributed by atoms with Crippen molar-refractivity contribution >= 4 is 23.9 Å². The smallest absolute Gasteiger partial charge is 0.271 e. The van der Waals surface area contributed by atoms with E-state index >= 15 is 0 Å². The molecule has 0 atom stereocenters. The summed E-state index contributed by atoms with van der Waals surface area (Å²) in [6.45, 7) is 1.90. The molecule has 3 rings (SSSR count). The molecule has 1 fully saturated rings. The molecule has 2 aromatic carbocycles. The number of nitrogens with zero attached hydrogens (tertiary/aromatic N) is 1. The molecule has 2 aromatic rings. The van der Waals surface area contributed by atoms with Crippen molar-refractivity contribution in [2.75, 3.05) is 11.5 Å². The van der Waals surface area contributed by atoms with Crippen LogP contribution in [0.25, 0.3) is 0 Å². The third-order valence-electron chi connectivity index (χ3n) is 3.56. The molecule has 1 aliphatic heterocycles. The number of carbonyl (C=O) groups excluding carboxylic acids is 1. The van der Waals surface area contributed by atoms with Crippen molar-refractivity contribution in [3.63, 3.8) is 0 Å². The molecule has 0 unspecified atom stereocenters. The molecule has 0 saturated carbocycles. The zero-order valence-corrected chi connectivity index (χ0v) is 13.7. The van der Waals surface area contributed by atoms with E-state index in [1.807, 2.05) is 61.2 Å². The number of nitrogens with one attached hydrogen (secondary N) is 1. The number of amides is 1. The third-order valence-corrected chi connectivity index (χ3v) is 4.77. The second kappa shape index (κ2) is 7.33. The van der Waals surface area contributed by atoms with Crippen molar-refractivity contribution in [3.05, 3.63) is 65.2 Å². The molecule has 1 saturated heterocycles. The molecule has 0 spiro atoms. The SMILES string of the molecule is Cc1ccccc1C(=O)N/N=C\c1ccc(OC2CSC2)cc1. The minimum atomic E-state index is -0.207. The van der Waals surface area contributed by atoms with Crippen LogP contribution in [0.2, 0.25) is 0 Å². The van der Waals surface area contributed by atoms with Gasteiger partial charge >= 0.3 is 0 Å². The summed E-state index contributed by atoms with van der Waals surface area (Å²) in [6, 6.07) is 15.1. The van der Waals surface area contributed by atoms with Gasteiger partial charge in [-0.2, -0.15) is 16.9 Å². The summed E-state index contributed by atoms with van der Waals surface area (Å²) in [7, 11) is 0. The van der Waals surface area contributed by atoms with Crippen LogP contribution in [-0.2, 0) is 0 Å². The van der Waals surface area contributed by atoms with Gasteiger partial charge < -0.3 is 4.74 Å². The standard InChI is InChI=1S/C18H18N2O2S/c1-13-4-2-3-5-17(13)18(21)20-19-10-14-6-8-15(9-7-14)22-16-11-23-12-16/h2-10,16H,11-12H2,1H3,(H,20,21)/b19-10-. The predicted octanol–water partition coefficient (Wildman–Crippen LogP) is 3.25. The highest BCUT2D eigenvalue weighted by Gasteiger charge is 2.19. The highest BCUT2D eigenvalue weighted by Crippen LogP contribution is 2.23. The Labute approximate surface area is 139 Å². The lowest BCUT2D eigenvalue weighted by Gasteiger charge is -2.25. The third kappa shape index (κ3) is 4.13. The summed E-state index contributed by atoms with van der Waals surface area (Å²) in [5.74, 6) is 2.79. The molecular weight excluding hydrogens is 308 g/mol. The van der Waals surface area contributed by atoms with Gasteiger partial charge in [0.15, 0.2) is 0 Å². The van der Waals surface area contributed by atoms with E-state index in [2.05, 4.69) is 10.5 Å². The zero-order valence-electron chi connectivity index (χ0n) is 12.9. The Bertz CT molecular complexity index is 709. The van der Waals surface area contributed by atoms with Crippen LogP contribution < -0.4 is 10.2 Å². The highest BCUT2D eigenvalue weighted by atomic mass is 32.2. The molecule has 118 valence electrons. The molecule has 1 N–H and O–H groups in total. The van der Waals surface area contributed by atoms with E-state index in [0.717, 1.165) is 28.4 Å². The lowest BCUT2D eigenvalue weighted by Crippen LogP contribution is -2.30. The Morgan fingerprint density at radius 2 is 1.96 bits per heavy atom. The van der Waals surface area contributed by atoms with Gasteiger partial charge in [-0.1, -0.05) is 18.2 Å². The first-order valence-electron chi connectivity index (χ1n) is 7.46. The Kier molecular flexibility index (Phi) is 4.98. The average molecular weight is 326 g/mol. The first-order valence-corrected chi connectivity index (χ1v) is 8.61. The lowest BCUT2D eigenvalue weighted by molar-refractivity contribution is 0.0954. The molecular formula is C18H18N2O2S. The minimum Gasteiger partial charge on any atom is -0.489 e. The number of hydrogen-bond donors (Lipinski definition) is 1. The van der Waals surface area contributed by atoms with Crippen molar-refractivity contribution in [3.8, 4) is 5.75 Å². The fourth-order valence-corrected chi connectivity index (χ4v) is 2.72. The monoisotopic (exact) mass is 326 g/mol. The van der Waals surface area contributed by atoms with E-state index in [1.54, 1.807) is 12.3 Å². The molecule has 23 heavy (non-hydrogen) atoms. The summed E-state index contributed by atoms with van der Waals surface area (Å²) in [5, 5.41) is 4.01. The summed E-state index contributed by atoms with van der Waals surface area (Å²) >= 11 is 1.89. The van der Waals surface area contributed by atoms with Crippen molar-refractivity contribution < 1.29 is 9.53 Å². The Balaban J connectivity index is 1.55. The molecule has 0 aliphatic carbocycles. The quantitative estimate of drug-likeness (QED) is 0.678. The fourth-order valence-electron chi connectivity index (χ4n) is 2.16. The van der Waals surface area contributed by atoms with Gasteiger partial charge in [0.05, 0.1) is 6.21 Å². The normalized spacial score (nSPS) is 14.5. The number of aryl methyl sites for hydroxylation is 1. The molecule has 0 bridgehead atoms.